The molecule has 1 amide bonds. The monoisotopic (exact) mass is 315 g/mol. The number of rotatable bonds is 6. The lowest BCUT2D eigenvalue weighted by molar-refractivity contribution is 0.101. The SMILES string of the molecule is CCOc1ccccc1NC(=O)c1ccc(=O)n(CC(C)C)n1. The number of carbonyl (C=O) groups is 1. The number of nitrogens with one attached hydrogen (secondary N) is 1. The molecule has 0 atom stereocenters. The Balaban J connectivity index is 2.23. The number of nitrogens with zero attached hydrogens (tertiary/aromatic N) is 2. The second-order valence-electron chi connectivity index (χ2n) is 5.52. The quantitative estimate of drug-likeness (QED) is 0.889. The first kappa shape index (κ1) is 16.7. The molecule has 0 aliphatic carbocycles. The van der Waals surface area contributed by atoms with Crippen LogP contribution in [0.25, 0.3) is 0 Å². The number of hydrogen-bond donors (Lipinski definition) is 1. The van der Waals surface area contributed by atoms with Crippen molar-refractivity contribution in [1.29, 1.82) is 0 Å². The first-order valence-corrected chi connectivity index (χ1v) is 7.62. The summed E-state index contributed by atoms with van der Waals surface area (Å²) in [6.45, 7) is 6.82. The maximum Gasteiger partial charge on any atom is 0.276 e. The standard InChI is InChI=1S/C17H21N3O3/c1-4-23-15-8-6-5-7-13(15)18-17(22)14-9-10-16(21)20(19-14)11-12(2)3/h5-10,12H,4,11H2,1-3H3,(H,18,22). The zero-order valence-corrected chi connectivity index (χ0v) is 13.6. The molecule has 1 heterocycles. The van der Waals surface area contributed by atoms with Crippen LogP contribution in [0.2, 0.25) is 0 Å². The average molecular weight is 315 g/mol. The van der Waals surface area contributed by atoms with Crippen molar-refractivity contribution < 1.29 is 9.53 Å². The molecular formula is C17H21N3O3. The number of amides is 1. The molecule has 6 nitrogen and oxygen atoms in total. The number of aromatic nitrogens is 2. The molecule has 1 aromatic heterocycles. The van der Waals surface area contributed by atoms with Crippen molar-refractivity contribution in [2.24, 2.45) is 5.92 Å². The van der Waals surface area contributed by atoms with E-state index in [9.17, 15) is 9.59 Å². The highest BCUT2D eigenvalue weighted by Gasteiger charge is 2.13. The molecular weight excluding hydrogens is 294 g/mol. The van der Waals surface area contributed by atoms with E-state index in [2.05, 4.69) is 10.4 Å². The normalized spacial score (nSPS) is 10.6. The number of hydrogen-bond acceptors (Lipinski definition) is 4. The van der Waals surface area contributed by atoms with E-state index < -0.39 is 0 Å². The van der Waals surface area contributed by atoms with Crippen LogP contribution in [-0.4, -0.2) is 22.3 Å². The molecule has 2 rings (SSSR count). The van der Waals surface area contributed by atoms with Gasteiger partial charge >= 0.3 is 0 Å². The Morgan fingerprint density at radius 2 is 2.00 bits per heavy atom. The number of para-hydroxylation sites is 2. The second-order valence-corrected chi connectivity index (χ2v) is 5.52. The third kappa shape index (κ3) is 4.42. The van der Waals surface area contributed by atoms with Gasteiger partial charge in [0.1, 0.15) is 11.4 Å². The largest absolute Gasteiger partial charge is 0.492 e. The van der Waals surface area contributed by atoms with Crippen molar-refractivity contribution in [2.45, 2.75) is 27.3 Å². The van der Waals surface area contributed by atoms with Gasteiger partial charge in [-0.3, -0.25) is 9.59 Å². The van der Waals surface area contributed by atoms with Crippen LogP contribution in [0.3, 0.4) is 0 Å². The second kappa shape index (κ2) is 7.58. The molecule has 0 unspecified atom stereocenters. The van der Waals surface area contributed by atoms with Gasteiger partial charge in [-0.05, 0) is 31.0 Å². The van der Waals surface area contributed by atoms with E-state index in [4.69, 9.17) is 4.74 Å². The summed E-state index contributed by atoms with van der Waals surface area (Å²) in [7, 11) is 0. The predicted octanol–water partition coefficient (Wildman–Crippen LogP) is 2.55. The highest BCUT2D eigenvalue weighted by atomic mass is 16.5. The summed E-state index contributed by atoms with van der Waals surface area (Å²) >= 11 is 0. The van der Waals surface area contributed by atoms with Gasteiger partial charge in [0, 0.05) is 12.6 Å². The fraction of sp³-hybridized carbons (Fsp3) is 0.353. The van der Waals surface area contributed by atoms with Crippen molar-refractivity contribution in [3.05, 3.63) is 52.4 Å². The molecule has 2 aromatic rings. The van der Waals surface area contributed by atoms with Gasteiger partial charge in [-0.15, -0.1) is 0 Å². The summed E-state index contributed by atoms with van der Waals surface area (Å²) in [5, 5.41) is 6.91. The van der Waals surface area contributed by atoms with Gasteiger partial charge in [-0.1, -0.05) is 26.0 Å². The fourth-order valence-corrected chi connectivity index (χ4v) is 2.08. The summed E-state index contributed by atoms with van der Waals surface area (Å²) in [4.78, 5) is 24.2. The van der Waals surface area contributed by atoms with Gasteiger partial charge < -0.3 is 10.1 Å². The van der Waals surface area contributed by atoms with Crippen molar-refractivity contribution in [2.75, 3.05) is 11.9 Å². The smallest absolute Gasteiger partial charge is 0.276 e. The first-order valence-electron chi connectivity index (χ1n) is 7.62. The zero-order valence-electron chi connectivity index (χ0n) is 13.6. The van der Waals surface area contributed by atoms with Gasteiger partial charge in [-0.2, -0.15) is 5.10 Å². The van der Waals surface area contributed by atoms with Gasteiger partial charge in [0.05, 0.1) is 12.3 Å². The maximum atomic E-state index is 12.4. The maximum absolute atomic E-state index is 12.4. The molecule has 0 radical (unpaired) electrons. The van der Waals surface area contributed by atoms with Crippen molar-refractivity contribution in [3.8, 4) is 5.75 Å². The van der Waals surface area contributed by atoms with Crippen LogP contribution in [0.5, 0.6) is 5.75 Å². The molecule has 23 heavy (non-hydrogen) atoms. The third-order valence-corrected chi connectivity index (χ3v) is 3.07. The van der Waals surface area contributed by atoms with E-state index in [1.165, 1.54) is 16.8 Å². The zero-order chi connectivity index (χ0) is 16.8. The Morgan fingerprint density at radius 3 is 2.70 bits per heavy atom. The van der Waals surface area contributed by atoms with E-state index >= 15 is 0 Å². The fourth-order valence-electron chi connectivity index (χ4n) is 2.08. The summed E-state index contributed by atoms with van der Waals surface area (Å²) in [5.41, 5.74) is 0.546. The minimum Gasteiger partial charge on any atom is -0.492 e. The molecule has 0 bridgehead atoms. The molecule has 122 valence electrons. The van der Waals surface area contributed by atoms with Crippen LogP contribution < -0.4 is 15.6 Å². The lowest BCUT2D eigenvalue weighted by atomic mass is 10.2. The molecule has 0 spiro atoms. The number of carbonyl (C=O) groups excluding carboxylic acids is 1. The Morgan fingerprint density at radius 1 is 1.26 bits per heavy atom. The van der Waals surface area contributed by atoms with Crippen molar-refractivity contribution >= 4 is 11.6 Å². The number of ether oxygens (including phenoxy) is 1. The van der Waals surface area contributed by atoms with E-state index in [1.807, 2.05) is 32.9 Å². The lowest BCUT2D eigenvalue weighted by Crippen LogP contribution is -2.27. The molecule has 6 heteroatoms. The number of anilines is 1. The molecule has 0 aliphatic heterocycles. The lowest BCUT2D eigenvalue weighted by Gasteiger charge is -2.12. The molecule has 1 N–H and O–H groups in total. The number of benzene rings is 1. The highest BCUT2D eigenvalue weighted by molar-refractivity contribution is 6.03. The van der Waals surface area contributed by atoms with Gasteiger partial charge in [-0.25, -0.2) is 4.68 Å². The Bertz CT molecular complexity index is 738. The van der Waals surface area contributed by atoms with Gasteiger partial charge in [0.15, 0.2) is 0 Å². The Kier molecular flexibility index (Phi) is 5.51. The van der Waals surface area contributed by atoms with Crippen molar-refractivity contribution in [1.82, 2.24) is 9.78 Å². The summed E-state index contributed by atoms with van der Waals surface area (Å²) in [5.74, 6) is 0.478. The van der Waals surface area contributed by atoms with Crippen LogP contribution in [-0.2, 0) is 6.54 Å². The third-order valence-electron chi connectivity index (χ3n) is 3.07. The molecule has 0 saturated carbocycles. The van der Waals surface area contributed by atoms with Crippen LogP contribution in [0.1, 0.15) is 31.3 Å². The molecule has 0 fully saturated rings. The Hall–Kier alpha value is -2.63. The van der Waals surface area contributed by atoms with Crippen molar-refractivity contribution in [3.63, 3.8) is 0 Å². The van der Waals surface area contributed by atoms with E-state index in [1.54, 1.807) is 12.1 Å². The summed E-state index contributed by atoms with van der Waals surface area (Å²) in [6.07, 6.45) is 0. The van der Waals surface area contributed by atoms with E-state index in [0.717, 1.165) is 0 Å². The Labute approximate surface area is 135 Å². The van der Waals surface area contributed by atoms with E-state index in [0.29, 0.717) is 24.6 Å². The minimum absolute atomic E-state index is 0.191. The van der Waals surface area contributed by atoms with Gasteiger partial charge in [0.25, 0.3) is 11.5 Å². The minimum atomic E-state index is -0.380. The van der Waals surface area contributed by atoms with Gasteiger partial charge in [0.2, 0.25) is 0 Å². The molecule has 0 aliphatic rings. The van der Waals surface area contributed by atoms with Crippen LogP contribution in [0.15, 0.2) is 41.2 Å². The summed E-state index contributed by atoms with van der Waals surface area (Å²) in [6, 6.07) is 9.97. The summed E-state index contributed by atoms with van der Waals surface area (Å²) < 4.78 is 6.79. The van der Waals surface area contributed by atoms with Crippen LogP contribution >= 0.6 is 0 Å². The average Bonchev–Trinajstić information content (AvgIpc) is 2.51. The first-order chi connectivity index (χ1) is 11.0. The molecule has 1 aromatic carbocycles. The predicted molar refractivity (Wildman–Crippen MR) is 88.9 cm³/mol. The van der Waals surface area contributed by atoms with Crippen LogP contribution in [0, 0.1) is 5.92 Å². The van der Waals surface area contributed by atoms with Crippen LogP contribution in [0.4, 0.5) is 5.69 Å². The topological polar surface area (TPSA) is 73.2 Å². The highest BCUT2D eigenvalue weighted by Crippen LogP contribution is 2.23. The molecule has 0 saturated heterocycles. The van der Waals surface area contributed by atoms with E-state index in [-0.39, 0.29) is 23.1 Å².